The van der Waals surface area contributed by atoms with Crippen LogP contribution in [0, 0.1) is 0 Å². The number of fused-ring (bicyclic) bond motifs is 3. The smallest absolute Gasteiger partial charge is 0.207 e. The molecule has 6 heteroatoms. The Labute approximate surface area is 118 Å². The average molecular weight is 381 g/mol. The van der Waals surface area contributed by atoms with Crippen molar-refractivity contribution in [1.29, 1.82) is 0 Å². The van der Waals surface area contributed by atoms with Gasteiger partial charge in [0.15, 0.2) is 0 Å². The minimum Gasteiger partial charge on any atom is -0.207 e. The van der Waals surface area contributed by atoms with Crippen LogP contribution < -0.4 is 0 Å². The third-order valence-electron chi connectivity index (χ3n) is 3.41. The highest BCUT2D eigenvalue weighted by Gasteiger charge is 2.47. The third-order valence-corrected chi connectivity index (χ3v) is 8.01. The van der Waals surface area contributed by atoms with Gasteiger partial charge in [0.25, 0.3) is 0 Å². The molecule has 0 amide bonds. The van der Waals surface area contributed by atoms with E-state index in [-0.39, 0.29) is 10.9 Å². The van der Waals surface area contributed by atoms with E-state index in [0.717, 1.165) is 12.0 Å². The van der Waals surface area contributed by atoms with Crippen molar-refractivity contribution in [3.8, 4) is 0 Å². The Morgan fingerprint density at radius 3 is 2.65 bits per heavy atom. The average Bonchev–Trinajstić information content (AvgIpc) is 2.51. The molecular formula is C11H11Br2NO2S. The van der Waals surface area contributed by atoms with Gasteiger partial charge in [0.1, 0.15) is 0 Å². The molecule has 17 heavy (non-hydrogen) atoms. The van der Waals surface area contributed by atoms with E-state index in [2.05, 4.69) is 31.9 Å². The molecule has 2 aliphatic heterocycles. The van der Waals surface area contributed by atoms with Crippen LogP contribution in [0.1, 0.15) is 18.0 Å². The molecule has 0 radical (unpaired) electrons. The Hall–Kier alpha value is 0.0900. The number of halogens is 2. The van der Waals surface area contributed by atoms with Crippen LogP contribution >= 0.6 is 31.9 Å². The molecule has 3 rings (SSSR count). The molecule has 1 aromatic rings. The quantitative estimate of drug-likeness (QED) is 0.649. The van der Waals surface area contributed by atoms with Crippen LogP contribution in [0.15, 0.2) is 29.2 Å². The number of benzene rings is 1. The number of piperidine rings is 1. The predicted octanol–water partition coefficient (Wildman–Crippen LogP) is 2.66. The molecule has 0 bridgehead atoms. The Kier molecular flexibility index (Phi) is 2.89. The topological polar surface area (TPSA) is 37.4 Å². The van der Waals surface area contributed by atoms with Gasteiger partial charge in [0.2, 0.25) is 10.0 Å². The van der Waals surface area contributed by atoms with E-state index in [0.29, 0.717) is 16.3 Å². The zero-order valence-electron chi connectivity index (χ0n) is 8.88. The van der Waals surface area contributed by atoms with Crippen molar-refractivity contribution < 1.29 is 8.42 Å². The molecule has 0 aliphatic carbocycles. The van der Waals surface area contributed by atoms with E-state index >= 15 is 0 Å². The molecule has 0 aromatic heterocycles. The Morgan fingerprint density at radius 2 is 1.88 bits per heavy atom. The second-order valence-corrected chi connectivity index (χ2v) is 8.61. The number of alkyl halides is 2. The molecule has 1 fully saturated rings. The van der Waals surface area contributed by atoms with E-state index in [4.69, 9.17) is 0 Å². The summed E-state index contributed by atoms with van der Waals surface area (Å²) in [6.45, 7) is 0.525. The first-order chi connectivity index (χ1) is 8.01. The fraction of sp³-hybridized carbons (Fsp3) is 0.455. The molecule has 3 unspecified atom stereocenters. The van der Waals surface area contributed by atoms with Gasteiger partial charge in [-0.3, -0.25) is 0 Å². The monoisotopic (exact) mass is 379 g/mol. The highest BCUT2D eigenvalue weighted by Crippen LogP contribution is 2.46. The van der Waals surface area contributed by atoms with E-state index in [1.165, 1.54) is 0 Å². The minimum atomic E-state index is -3.28. The SMILES string of the molecule is O=S1(=O)c2ccccc2C2CC(Br)C(Br)CN21. The summed E-state index contributed by atoms with van der Waals surface area (Å²) in [4.78, 5) is 0.958. The maximum absolute atomic E-state index is 12.4. The van der Waals surface area contributed by atoms with Gasteiger partial charge in [-0.05, 0) is 18.1 Å². The summed E-state index contributed by atoms with van der Waals surface area (Å²) in [6.07, 6.45) is 0.812. The molecule has 0 saturated carbocycles. The standard InChI is InChI=1S/C11H11Br2NO2S/c12-8-5-10-7-3-1-2-4-11(7)17(15,16)14(10)6-9(8)13/h1-4,8-10H,5-6H2. The van der Waals surface area contributed by atoms with Crippen molar-refractivity contribution in [3.63, 3.8) is 0 Å². The van der Waals surface area contributed by atoms with Crippen molar-refractivity contribution in [2.75, 3.05) is 6.54 Å². The maximum Gasteiger partial charge on any atom is 0.244 e. The van der Waals surface area contributed by atoms with Crippen LogP contribution in [0.2, 0.25) is 0 Å². The molecule has 2 aliphatic rings. The first-order valence-electron chi connectivity index (χ1n) is 5.40. The van der Waals surface area contributed by atoms with Gasteiger partial charge >= 0.3 is 0 Å². The van der Waals surface area contributed by atoms with Gasteiger partial charge in [-0.2, -0.15) is 4.31 Å². The fourth-order valence-corrected chi connectivity index (χ4v) is 5.69. The Balaban J connectivity index is 2.14. The van der Waals surface area contributed by atoms with Crippen LogP contribution in [0.4, 0.5) is 0 Å². The van der Waals surface area contributed by atoms with E-state index < -0.39 is 10.0 Å². The van der Waals surface area contributed by atoms with Crippen LogP contribution in [0.3, 0.4) is 0 Å². The highest BCUT2D eigenvalue weighted by molar-refractivity contribution is 9.12. The fourth-order valence-electron chi connectivity index (χ4n) is 2.56. The number of hydrogen-bond acceptors (Lipinski definition) is 2. The lowest BCUT2D eigenvalue weighted by molar-refractivity contribution is 0.284. The zero-order chi connectivity index (χ0) is 12.2. The molecule has 1 saturated heterocycles. The molecule has 3 nitrogen and oxygen atoms in total. The first kappa shape index (κ1) is 12.1. The molecule has 2 heterocycles. The summed E-state index contributed by atoms with van der Waals surface area (Å²) >= 11 is 7.14. The van der Waals surface area contributed by atoms with E-state index in [1.807, 2.05) is 12.1 Å². The summed E-state index contributed by atoms with van der Waals surface area (Å²) in [7, 11) is -3.28. The van der Waals surface area contributed by atoms with Gasteiger partial charge in [0.05, 0.1) is 10.9 Å². The normalized spacial score (nSPS) is 35.3. The number of rotatable bonds is 0. The summed E-state index contributed by atoms with van der Waals surface area (Å²) in [6, 6.07) is 7.31. The Bertz CT molecular complexity index is 560. The number of hydrogen-bond donors (Lipinski definition) is 0. The van der Waals surface area contributed by atoms with Crippen molar-refractivity contribution in [2.45, 2.75) is 27.0 Å². The van der Waals surface area contributed by atoms with E-state index in [1.54, 1.807) is 16.4 Å². The third kappa shape index (κ3) is 1.72. The second-order valence-electron chi connectivity index (χ2n) is 4.40. The van der Waals surface area contributed by atoms with Gasteiger partial charge < -0.3 is 0 Å². The van der Waals surface area contributed by atoms with Crippen LogP contribution in [-0.4, -0.2) is 28.9 Å². The number of sulfonamides is 1. The first-order valence-corrected chi connectivity index (χ1v) is 8.68. The molecule has 0 N–H and O–H groups in total. The largest absolute Gasteiger partial charge is 0.244 e. The highest BCUT2D eigenvalue weighted by atomic mass is 79.9. The maximum atomic E-state index is 12.4. The van der Waals surface area contributed by atoms with Crippen molar-refractivity contribution >= 4 is 41.9 Å². The summed E-state index contributed by atoms with van der Waals surface area (Å²) < 4.78 is 26.3. The molecule has 0 spiro atoms. The second kappa shape index (κ2) is 4.05. The van der Waals surface area contributed by atoms with Crippen molar-refractivity contribution in [2.24, 2.45) is 0 Å². The minimum absolute atomic E-state index is 0.00521. The van der Waals surface area contributed by atoms with Crippen molar-refractivity contribution in [3.05, 3.63) is 29.8 Å². The molecular weight excluding hydrogens is 370 g/mol. The molecule has 92 valence electrons. The lowest BCUT2D eigenvalue weighted by atomic mass is 9.97. The summed E-state index contributed by atoms with van der Waals surface area (Å²) in [5.41, 5.74) is 0.941. The van der Waals surface area contributed by atoms with Gasteiger partial charge in [-0.25, -0.2) is 8.42 Å². The van der Waals surface area contributed by atoms with Crippen molar-refractivity contribution in [1.82, 2.24) is 4.31 Å². The number of nitrogens with zero attached hydrogens (tertiary/aromatic N) is 1. The Morgan fingerprint density at radius 1 is 1.18 bits per heavy atom. The van der Waals surface area contributed by atoms with Gasteiger partial charge in [-0.15, -0.1) is 0 Å². The van der Waals surface area contributed by atoms with E-state index in [9.17, 15) is 8.42 Å². The van der Waals surface area contributed by atoms with Crippen LogP contribution in [0.5, 0.6) is 0 Å². The van der Waals surface area contributed by atoms with Gasteiger partial charge in [-0.1, -0.05) is 50.1 Å². The molecule has 3 atom stereocenters. The van der Waals surface area contributed by atoms with Crippen LogP contribution in [0.25, 0.3) is 0 Å². The van der Waals surface area contributed by atoms with Crippen LogP contribution in [-0.2, 0) is 10.0 Å². The molecule has 1 aromatic carbocycles. The zero-order valence-corrected chi connectivity index (χ0v) is 12.9. The van der Waals surface area contributed by atoms with Gasteiger partial charge in [0, 0.05) is 16.2 Å². The summed E-state index contributed by atoms with van der Waals surface area (Å²) in [5.74, 6) is 0. The summed E-state index contributed by atoms with van der Waals surface area (Å²) in [5, 5.41) is 0. The lowest BCUT2D eigenvalue weighted by Crippen LogP contribution is -2.42. The lowest BCUT2D eigenvalue weighted by Gasteiger charge is -2.34. The predicted molar refractivity (Wildman–Crippen MR) is 73.1 cm³/mol.